The Hall–Kier alpha value is -3.68. The van der Waals surface area contributed by atoms with E-state index in [9.17, 15) is 19.2 Å². The molecule has 2 aromatic rings. The van der Waals surface area contributed by atoms with E-state index in [2.05, 4.69) is 0 Å². The quantitative estimate of drug-likeness (QED) is 0.317. The van der Waals surface area contributed by atoms with Gasteiger partial charge in [-0.05, 0) is 87.1 Å². The summed E-state index contributed by atoms with van der Waals surface area (Å²) in [4.78, 5) is 48.3. The molecule has 0 radical (unpaired) electrons. The van der Waals surface area contributed by atoms with Crippen LogP contribution in [0.25, 0.3) is 0 Å². The lowest BCUT2D eigenvalue weighted by atomic mass is 9.82. The maximum Gasteiger partial charge on any atom is 0.314 e. The van der Waals surface area contributed by atoms with Gasteiger partial charge in [0, 0.05) is 12.8 Å². The van der Waals surface area contributed by atoms with Gasteiger partial charge in [-0.3, -0.25) is 19.2 Å². The summed E-state index contributed by atoms with van der Waals surface area (Å²) in [7, 11) is 0. The van der Waals surface area contributed by atoms with Gasteiger partial charge in [0.2, 0.25) is 0 Å². The van der Waals surface area contributed by atoms with Crippen molar-refractivity contribution in [2.24, 2.45) is 11.8 Å². The lowest BCUT2D eigenvalue weighted by Gasteiger charge is -2.25. The predicted octanol–water partition coefficient (Wildman–Crippen LogP) is 5.42. The molecule has 0 amide bonds. The average molecular weight is 497 g/mol. The maximum atomic E-state index is 12.6. The fourth-order valence-corrected chi connectivity index (χ4v) is 3.89. The number of carbonyl (C=O) groups is 4. The summed E-state index contributed by atoms with van der Waals surface area (Å²) in [6.07, 6.45) is 4.20. The van der Waals surface area contributed by atoms with Gasteiger partial charge in [-0.15, -0.1) is 0 Å². The largest absolute Gasteiger partial charge is 0.427 e. The Kier molecular flexibility index (Phi) is 10.0. The van der Waals surface area contributed by atoms with Crippen LogP contribution in [0.1, 0.15) is 65.2 Å². The summed E-state index contributed by atoms with van der Waals surface area (Å²) in [5, 5.41) is 0. The van der Waals surface area contributed by atoms with E-state index < -0.39 is 0 Å². The van der Waals surface area contributed by atoms with Crippen LogP contribution in [-0.4, -0.2) is 23.9 Å². The summed E-state index contributed by atoms with van der Waals surface area (Å²) >= 11 is 0. The molecule has 0 heterocycles. The van der Waals surface area contributed by atoms with Crippen molar-refractivity contribution in [3.05, 3.63) is 48.5 Å². The zero-order chi connectivity index (χ0) is 25.9. The molecule has 0 N–H and O–H groups in total. The van der Waals surface area contributed by atoms with E-state index in [1.54, 1.807) is 48.5 Å². The number of esters is 4. The van der Waals surface area contributed by atoms with Crippen LogP contribution in [-0.2, 0) is 19.2 Å². The Morgan fingerprint density at radius 3 is 1.11 bits per heavy atom. The van der Waals surface area contributed by atoms with Gasteiger partial charge in [0.15, 0.2) is 0 Å². The molecule has 0 unspecified atom stereocenters. The summed E-state index contributed by atoms with van der Waals surface area (Å²) in [5.41, 5.74) is 0. The van der Waals surface area contributed by atoms with E-state index in [1.165, 1.54) is 0 Å². The molecule has 1 fully saturated rings. The third-order valence-corrected chi connectivity index (χ3v) is 5.85. The highest BCUT2D eigenvalue weighted by atomic mass is 16.5. The Bertz CT molecular complexity index is 949. The van der Waals surface area contributed by atoms with E-state index >= 15 is 0 Å². The first kappa shape index (κ1) is 26.9. The van der Waals surface area contributed by atoms with E-state index in [-0.39, 0.29) is 35.7 Å². The lowest BCUT2D eigenvalue weighted by molar-refractivity contribution is -0.145. The molecule has 36 heavy (non-hydrogen) atoms. The summed E-state index contributed by atoms with van der Waals surface area (Å²) in [5.74, 6) is -0.331. The maximum absolute atomic E-state index is 12.6. The van der Waals surface area contributed by atoms with Crippen LogP contribution < -0.4 is 18.9 Å². The summed E-state index contributed by atoms with van der Waals surface area (Å²) in [6, 6.07) is 12.7. The van der Waals surface area contributed by atoms with Crippen LogP contribution in [0.2, 0.25) is 0 Å². The van der Waals surface area contributed by atoms with Crippen LogP contribution in [0.3, 0.4) is 0 Å². The van der Waals surface area contributed by atoms with Crippen LogP contribution in [0.5, 0.6) is 23.0 Å². The van der Waals surface area contributed by atoms with Crippen LogP contribution in [0.4, 0.5) is 0 Å². The molecule has 8 nitrogen and oxygen atoms in total. The van der Waals surface area contributed by atoms with E-state index in [0.717, 1.165) is 0 Å². The van der Waals surface area contributed by atoms with Gasteiger partial charge in [-0.1, -0.05) is 13.8 Å². The van der Waals surface area contributed by atoms with Gasteiger partial charge >= 0.3 is 23.9 Å². The van der Waals surface area contributed by atoms with Crippen molar-refractivity contribution in [3.8, 4) is 23.0 Å². The number of ether oxygens (including phenoxy) is 4. The smallest absolute Gasteiger partial charge is 0.314 e. The monoisotopic (exact) mass is 496 g/mol. The first-order chi connectivity index (χ1) is 17.4. The number of carbonyl (C=O) groups excluding carboxylic acids is 4. The second-order valence-electron chi connectivity index (χ2n) is 8.78. The Morgan fingerprint density at radius 1 is 0.556 bits per heavy atom. The zero-order valence-electron chi connectivity index (χ0n) is 20.7. The molecular formula is C28H32O8. The van der Waals surface area contributed by atoms with Gasteiger partial charge < -0.3 is 18.9 Å². The number of hydrogen-bond acceptors (Lipinski definition) is 8. The molecule has 3 rings (SSSR count). The molecule has 0 saturated heterocycles. The normalized spacial score (nSPS) is 17.1. The Morgan fingerprint density at radius 2 is 0.833 bits per heavy atom. The molecule has 0 bridgehead atoms. The van der Waals surface area contributed by atoms with Crippen molar-refractivity contribution in [1.29, 1.82) is 0 Å². The molecule has 1 aliphatic carbocycles. The van der Waals surface area contributed by atoms with Gasteiger partial charge in [-0.2, -0.15) is 0 Å². The van der Waals surface area contributed by atoms with Crippen molar-refractivity contribution >= 4 is 23.9 Å². The van der Waals surface area contributed by atoms with Crippen LogP contribution in [0.15, 0.2) is 48.5 Å². The molecular weight excluding hydrogens is 464 g/mol. The molecule has 2 aromatic carbocycles. The lowest BCUT2D eigenvalue weighted by Crippen LogP contribution is -2.30. The average Bonchev–Trinajstić information content (AvgIpc) is 2.87. The third-order valence-electron chi connectivity index (χ3n) is 5.85. The van der Waals surface area contributed by atoms with Gasteiger partial charge in [0.25, 0.3) is 0 Å². The highest BCUT2D eigenvalue weighted by Gasteiger charge is 2.32. The Labute approximate surface area is 210 Å². The number of benzene rings is 2. The van der Waals surface area contributed by atoms with Crippen molar-refractivity contribution in [2.45, 2.75) is 65.2 Å². The van der Waals surface area contributed by atoms with Crippen molar-refractivity contribution in [2.75, 3.05) is 0 Å². The topological polar surface area (TPSA) is 105 Å². The first-order valence-electron chi connectivity index (χ1n) is 12.4. The van der Waals surface area contributed by atoms with Crippen molar-refractivity contribution in [1.82, 2.24) is 0 Å². The minimum atomic E-state index is -0.342. The van der Waals surface area contributed by atoms with E-state index in [0.29, 0.717) is 74.4 Å². The fraction of sp³-hybridized carbons (Fsp3) is 0.429. The highest BCUT2D eigenvalue weighted by Crippen LogP contribution is 2.32. The molecule has 0 aliphatic heterocycles. The van der Waals surface area contributed by atoms with Gasteiger partial charge in [-0.25, -0.2) is 0 Å². The molecule has 0 atom stereocenters. The minimum Gasteiger partial charge on any atom is -0.427 e. The van der Waals surface area contributed by atoms with E-state index in [1.807, 2.05) is 13.8 Å². The second kappa shape index (κ2) is 13.4. The molecule has 192 valence electrons. The van der Waals surface area contributed by atoms with E-state index in [4.69, 9.17) is 18.9 Å². The molecule has 1 aliphatic rings. The number of rotatable bonds is 10. The SMILES string of the molecule is CCCC(=O)Oc1ccc(OC(=O)[C@H]2CC[C@H](C(=O)Oc3ccc(OC(=O)CCC)cc3)CC2)cc1. The second-order valence-corrected chi connectivity index (χ2v) is 8.78. The zero-order valence-corrected chi connectivity index (χ0v) is 20.7. The molecule has 0 aromatic heterocycles. The number of hydrogen-bond donors (Lipinski definition) is 0. The van der Waals surface area contributed by atoms with Crippen molar-refractivity contribution in [3.63, 3.8) is 0 Å². The Balaban J connectivity index is 1.42. The highest BCUT2D eigenvalue weighted by molar-refractivity contribution is 5.78. The van der Waals surface area contributed by atoms with Crippen LogP contribution >= 0.6 is 0 Å². The van der Waals surface area contributed by atoms with Gasteiger partial charge in [0.1, 0.15) is 23.0 Å². The molecule has 0 spiro atoms. The molecule has 1 saturated carbocycles. The third kappa shape index (κ3) is 8.22. The standard InChI is InChI=1S/C28H32O8/c1-3-5-25(29)33-21-11-15-23(16-12-21)35-27(31)19-7-9-20(10-8-19)28(32)36-24-17-13-22(14-18-24)34-26(30)6-4-2/h11-20H,3-10H2,1-2H3/t19-,20-. The fourth-order valence-electron chi connectivity index (χ4n) is 3.89. The summed E-state index contributed by atoms with van der Waals surface area (Å²) in [6.45, 7) is 3.80. The first-order valence-corrected chi connectivity index (χ1v) is 12.4. The summed E-state index contributed by atoms with van der Waals surface area (Å²) < 4.78 is 21.3. The van der Waals surface area contributed by atoms with Crippen LogP contribution in [0, 0.1) is 11.8 Å². The van der Waals surface area contributed by atoms with Gasteiger partial charge in [0.05, 0.1) is 11.8 Å². The van der Waals surface area contributed by atoms with Crippen molar-refractivity contribution < 1.29 is 38.1 Å². The minimum absolute atomic E-state index is 0.298. The predicted molar refractivity (Wildman–Crippen MR) is 131 cm³/mol. The molecule has 8 heteroatoms.